The monoisotopic (exact) mass is 558 g/mol. The minimum atomic E-state index is -0.981. The number of amides is 2. The topological polar surface area (TPSA) is 93.6 Å². The molecule has 6 rings (SSSR count). The van der Waals surface area contributed by atoms with Gasteiger partial charge in [0.1, 0.15) is 0 Å². The zero-order chi connectivity index (χ0) is 29.5. The molecule has 0 N–H and O–H groups in total. The maximum atomic E-state index is 13.5. The predicted octanol–water partition coefficient (Wildman–Crippen LogP) is 6.40. The number of hydrogen-bond acceptors (Lipinski definition) is 6. The fraction of sp³-hybridized carbons (Fsp3) is 0.229. The van der Waals surface area contributed by atoms with E-state index in [1.165, 1.54) is 4.90 Å². The molecular weight excluding hydrogens is 528 g/mol. The van der Waals surface area contributed by atoms with Crippen LogP contribution in [0.2, 0.25) is 0 Å². The van der Waals surface area contributed by atoms with Crippen LogP contribution in [0, 0.1) is 25.7 Å². The SMILES string of the molecule is Cc1ccc(C(=O)[C@H](C)OC(=O)c2cc(-c3ccc(N4C(=O)[C@@H]5CC=CC[C@H]5C4=O)cc3)nc3ccc(C)cc23)cc1. The van der Waals surface area contributed by atoms with Crippen LogP contribution in [0.4, 0.5) is 5.69 Å². The third-order valence-electron chi connectivity index (χ3n) is 8.10. The molecule has 0 unspecified atom stereocenters. The molecule has 4 aromatic rings. The number of anilines is 1. The summed E-state index contributed by atoms with van der Waals surface area (Å²) in [5.41, 5.74) is 5.11. The highest BCUT2D eigenvalue weighted by Gasteiger charge is 2.47. The molecule has 2 aliphatic rings. The number of carbonyl (C=O) groups excluding carboxylic acids is 4. The number of aryl methyl sites for hydroxylation is 2. The molecule has 3 atom stereocenters. The number of esters is 1. The normalized spacial score (nSPS) is 18.7. The molecule has 42 heavy (non-hydrogen) atoms. The van der Waals surface area contributed by atoms with Gasteiger partial charge in [-0.05, 0) is 63.9 Å². The third-order valence-corrected chi connectivity index (χ3v) is 8.10. The van der Waals surface area contributed by atoms with Crippen LogP contribution >= 0.6 is 0 Å². The lowest BCUT2D eigenvalue weighted by molar-refractivity contribution is -0.122. The first kappa shape index (κ1) is 27.3. The standard InChI is InChI=1S/C35H30N2O5/c1-20-8-11-24(12-9-20)32(38)22(3)42-35(41)29-19-31(36-30-17-10-21(2)18-28(29)30)23-13-15-25(16-14-23)37-33(39)26-6-4-5-7-27(26)34(37)40/h4-5,8-19,22,26-27H,6-7H2,1-3H3/t22-,26+,27+/m0/s1. The lowest BCUT2D eigenvalue weighted by atomic mass is 9.85. The molecule has 2 heterocycles. The van der Waals surface area contributed by atoms with Crippen LogP contribution in [0.15, 0.2) is 84.9 Å². The van der Waals surface area contributed by atoms with E-state index in [2.05, 4.69) is 0 Å². The van der Waals surface area contributed by atoms with Gasteiger partial charge < -0.3 is 4.74 Å². The number of fused-ring (bicyclic) bond motifs is 2. The molecule has 1 aliphatic heterocycles. The van der Waals surface area contributed by atoms with Crippen molar-refractivity contribution in [2.24, 2.45) is 11.8 Å². The van der Waals surface area contributed by atoms with Crippen LogP contribution in [0.5, 0.6) is 0 Å². The molecule has 2 amide bonds. The number of ketones is 1. The van der Waals surface area contributed by atoms with E-state index in [-0.39, 0.29) is 29.4 Å². The van der Waals surface area contributed by atoms with Crippen molar-refractivity contribution in [3.8, 4) is 11.3 Å². The minimum Gasteiger partial charge on any atom is -0.451 e. The van der Waals surface area contributed by atoms with Crippen LogP contribution in [0.25, 0.3) is 22.2 Å². The van der Waals surface area contributed by atoms with Gasteiger partial charge in [0.25, 0.3) is 0 Å². The summed E-state index contributed by atoms with van der Waals surface area (Å²) in [7, 11) is 0. The van der Waals surface area contributed by atoms with Gasteiger partial charge in [-0.2, -0.15) is 0 Å². The number of Topliss-reactive ketones (excluding diaryl/α,β-unsaturated/α-hetero) is 1. The molecule has 0 radical (unpaired) electrons. The third kappa shape index (κ3) is 4.91. The number of ether oxygens (including phenoxy) is 1. The Morgan fingerprint density at radius 3 is 2.10 bits per heavy atom. The highest BCUT2D eigenvalue weighted by atomic mass is 16.5. The Labute approximate surface area is 243 Å². The number of carbonyl (C=O) groups is 4. The summed E-state index contributed by atoms with van der Waals surface area (Å²) in [6.07, 6.45) is 4.11. The zero-order valence-electron chi connectivity index (χ0n) is 23.7. The van der Waals surface area contributed by atoms with Gasteiger partial charge in [0.05, 0.1) is 34.3 Å². The largest absolute Gasteiger partial charge is 0.451 e. The molecule has 7 heteroatoms. The average Bonchev–Trinajstić information content (AvgIpc) is 3.26. The molecule has 1 saturated heterocycles. The van der Waals surface area contributed by atoms with E-state index in [1.807, 2.05) is 56.3 Å². The molecule has 1 fully saturated rings. The molecule has 1 aliphatic carbocycles. The van der Waals surface area contributed by atoms with Crippen molar-refractivity contribution in [1.82, 2.24) is 4.98 Å². The number of nitrogens with zero attached hydrogens (tertiary/aromatic N) is 2. The Morgan fingerprint density at radius 1 is 0.833 bits per heavy atom. The van der Waals surface area contributed by atoms with E-state index in [1.54, 1.807) is 49.4 Å². The number of allylic oxidation sites excluding steroid dienone is 2. The summed E-state index contributed by atoms with van der Waals surface area (Å²) in [5, 5.41) is 0.625. The van der Waals surface area contributed by atoms with Gasteiger partial charge in [0, 0.05) is 16.5 Å². The first-order valence-corrected chi connectivity index (χ1v) is 14.1. The maximum Gasteiger partial charge on any atom is 0.339 e. The van der Waals surface area contributed by atoms with Gasteiger partial charge in [-0.25, -0.2) is 9.78 Å². The summed E-state index contributed by atoms with van der Waals surface area (Å²) in [6, 6.07) is 21.5. The van der Waals surface area contributed by atoms with E-state index in [0.29, 0.717) is 51.8 Å². The van der Waals surface area contributed by atoms with Crippen LogP contribution in [0.3, 0.4) is 0 Å². The summed E-state index contributed by atoms with van der Waals surface area (Å²) < 4.78 is 5.68. The van der Waals surface area contributed by atoms with Gasteiger partial charge in [0.2, 0.25) is 17.6 Å². The van der Waals surface area contributed by atoms with Gasteiger partial charge in [-0.15, -0.1) is 0 Å². The summed E-state index contributed by atoms with van der Waals surface area (Å²) in [6.45, 7) is 5.44. The molecule has 0 bridgehead atoms. The van der Waals surface area contributed by atoms with Crippen LogP contribution in [0.1, 0.15) is 51.6 Å². The molecule has 0 saturated carbocycles. The van der Waals surface area contributed by atoms with E-state index in [9.17, 15) is 19.2 Å². The van der Waals surface area contributed by atoms with Crippen molar-refractivity contribution in [2.45, 2.75) is 39.7 Å². The maximum absolute atomic E-state index is 13.5. The zero-order valence-corrected chi connectivity index (χ0v) is 23.7. The Hall–Kier alpha value is -4.91. The predicted molar refractivity (Wildman–Crippen MR) is 160 cm³/mol. The smallest absolute Gasteiger partial charge is 0.339 e. The lowest BCUT2D eigenvalue weighted by Gasteiger charge is -2.16. The van der Waals surface area contributed by atoms with Crippen molar-refractivity contribution >= 4 is 40.2 Å². The van der Waals surface area contributed by atoms with Crippen molar-refractivity contribution in [2.75, 3.05) is 4.90 Å². The van der Waals surface area contributed by atoms with E-state index in [4.69, 9.17) is 9.72 Å². The van der Waals surface area contributed by atoms with Gasteiger partial charge in [-0.3, -0.25) is 19.3 Å². The van der Waals surface area contributed by atoms with Crippen molar-refractivity contribution in [3.63, 3.8) is 0 Å². The van der Waals surface area contributed by atoms with Crippen molar-refractivity contribution in [1.29, 1.82) is 0 Å². The second-order valence-electron chi connectivity index (χ2n) is 11.1. The van der Waals surface area contributed by atoms with Crippen LogP contribution < -0.4 is 4.90 Å². The van der Waals surface area contributed by atoms with Crippen LogP contribution in [-0.4, -0.2) is 34.7 Å². The highest BCUT2D eigenvalue weighted by Crippen LogP contribution is 2.38. The fourth-order valence-corrected chi connectivity index (χ4v) is 5.72. The average molecular weight is 559 g/mol. The number of benzene rings is 3. The lowest BCUT2D eigenvalue weighted by Crippen LogP contribution is -2.30. The first-order chi connectivity index (χ1) is 20.2. The molecule has 210 valence electrons. The van der Waals surface area contributed by atoms with Crippen molar-refractivity contribution < 1.29 is 23.9 Å². The Kier molecular flexibility index (Phi) is 7.02. The van der Waals surface area contributed by atoms with Gasteiger partial charge in [-0.1, -0.05) is 65.7 Å². The number of pyridine rings is 1. The quantitative estimate of drug-likeness (QED) is 0.118. The molecular formula is C35H30N2O5. The summed E-state index contributed by atoms with van der Waals surface area (Å²) >= 11 is 0. The highest BCUT2D eigenvalue weighted by molar-refractivity contribution is 6.22. The molecule has 1 aromatic heterocycles. The number of hydrogen-bond donors (Lipinski definition) is 0. The molecule has 7 nitrogen and oxygen atoms in total. The van der Waals surface area contributed by atoms with Crippen molar-refractivity contribution in [3.05, 3.63) is 107 Å². The van der Waals surface area contributed by atoms with E-state index < -0.39 is 12.1 Å². The minimum absolute atomic E-state index is 0.166. The molecule has 0 spiro atoms. The second kappa shape index (κ2) is 10.8. The van der Waals surface area contributed by atoms with E-state index >= 15 is 0 Å². The Morgan fingerprint density at radius 2 is 1.45 bits per heavy atom. The second-order valence-corrected chi connectivity index (χ2v) is 11.1. The van der Waals surface area contributed by atoms with Gasteiger partial charge >= 0.3 is 5.97 Å². The number of aromatic nitrogens is 1. The molecule has 3 aromatic carbocycles. The fourth-order valence-electron chi connectivity index (χ4n) is 5.72. The number of imide groups is 1. The summed E-state index contributed by atoms with van der Waals surface area (Å²) in [5.74, 6) is -1.84. The Bertz CT molecular complexity index is 1750. The van der Waals surface area contributed by atoms with Gasteiger partial charge in [0.15, 0.2) is 6.10 Å². The first-order valence-electron chi connectivity index (χ1n) is 14.1. The summed E-state index contributed by atoms with van der Waals surface area (Å²) in [4.78, 5) is 58.6. The van der Waals surface area contributed by atoms with E-state index in [0.717, 1.165) is 11.1 Å². The van der Waals surface area contributed by atoms with Crippen LogP contribution in [-0.2, 0) is 14.3 Å². The number of rotatable bonds is 6. The Balaban J connectivity index is 1.30.